The lowest BCUT2D eigenvalue weighted by molar-refractivity contribution is 0.251. The van der Waals surface area contributed by atoms with Crippen LogP contribution in [0.15, 0.2) is 64.9 Å². The summed E-state index contributed by atoms with van der Waals surface area (Å²) in [5.74, 6) is -0.336. The molecule has 0 fully saturated rings. The monoisotopic (exact) mass is 408 g/mol. The maximum Gasteiger partial charge on any atom is 0.319 e. The zero-order valence-corrected chi connectivity index (χ0v) is 16.3. The van der Waals surface area contributed by atoms with Crippen LogP contribution in [0.1, 0.15) is 5.01 Å². The molecule has 2 aromatic carbocycles. The Bertz CT molecular complexity index is 1270. The Morgan fingerprint density at radius 2 is 2.03 bits per heavy atom. The number of benzene rings is 2. The molecule has 0 saturated carbocycles. The van der Waals surface area contributed by atoms with E-state index in [1.165, 1.54) is 22.0 Å². The summed E-state index contributed by atoms with van der Waals surface area (Å²) in [7, 11) is 1.68. The summed E-state index contributed by atoms with van der Waals surface area (Å²) in [5.41, 5.74) is 1.35. The molecule has 29 heavy (non-hydrogen) atoms. The topological polar surface area (TPSA) is 76.0 Å². The van der Waals surface area contributed by atoms with E-state index < -0.39 is 6.03 Å². The highest BCUT2D eigenvalue weighted by Crippen LogP contribution is 2.24. The summed E-state index contributed by atoms with van der Waals surface area (Å²) >= 11 is 1.34. The van der Waals surface area contributed by atoms with Gasteiger partial charge in [0, 0.05) is 35.3 Å². The van der Waals surface area contributed by atoms with Crippen molar-refractivity contribution in [2.24, 2.45) is 7.05 Å². The van der Waals surface area contributed by atoms with Gasteiger partial charge in [-0.25, -0.2) is 14.2 Å². The number of pyridine rings is 1. The summed E-state index contributed by atoms with van der Waals surface area (Å²) in [4.78, 5) is 28.8. The number of nitrogens with one attached hydrogen (secondary N) is 2. The van der Waals surface area contributed by atoms with Crippen molar-refractivity contribution in [1.29, 1.82) is 0 Å². The first-order valence-electron chi connectivity index (χ1n) is 8.85. The van der Waals surface area contributed by atoms with Gasteiger partial charge in [-0.05, 0) is 35.7 Å². The predicted octanol–water partition coefficient (Wildman–Crippen LogP) is 4.12. The van der Waals surface area contributed by atoms with E-state index in [0.29, 0.717) is 27.3 Å². The van der Waals surface area contributed by atoms with Crippen molar-refractivity contribution in [2.45, 2.75) is 6.54 Å². The van der Waals surface area contributed by atoms with Crippen LogP contribution in [0.2, 0.25) is 0 Å². The first-order chi connectivity index (χ1) is 14.0. The molecule has 2 N–H and O–H groups in total. The Labute approximate surface area is 169 Å². The molecule has 0 bridgehead atoms. The summed E-state index contributed by atoms with van der Waals surface area (Å²) in [6.07, 6.45) is 1.70. The molecule has 0 atom stereocenters. The predicted molar refractivity (Wildman–Crippen MR) is 113 cm³/mol. The number of carbonyl (C=O) groups excluding carboxylic acids is 1. The van der Waals surface area contributed by atoms with Crippen LogP contribution in [0.4, 0.5) is 14.9 Å². The molecule has 0 aliphatic heterocycles. The molecule has 2 amide bonds. The molecular formula is C21H17FN4O2S. The molecule has 146 valence electrons. The number of carbonyl (C=O) groups is 1. The van der Waals surface area contributed by atoms with Crippen LogP contribution >= 0.6 is 11.3 Å². The van der Waals surface area contributed by atoms with Gasteiger partial charge in [0.1, 0.15) is 10.8 Å². The van der Waals surface area contributed by atoms with Gasteiger partial charge < -0.3 is 15.2 Å². The number of thiazole rings is 1. The molecule has 4 aromatic rings. The van der Waals surface area contributed by atoms with Crippen LogP contribution in [0.5, 0.6) is 0 Å². The Morgan fingerprint density at radius 1 is 1.21 bits per heavy atom. The first kappa shape index (κ1) is 18.8. The normalized spacial score (nSPS) is 10.8. The van der Waals surface area contributed by atoms with E-state index in [4.69, 9.17) is 0 Å². The Kier molecular flexibility index (Phi) is 5.09. The summed E-state index contributed by atoms with van der Waals surface area (Å²) in [6, 6.07) is 13.0. The molecule has 0 saturated heterocycles. The third-order valence-corrected chi connectivity index (χ3v) is 5.29. The van der Waals surface area contributed by atoms with Crippen molar-refractivity contribution in [3.05, 3.63) is 81.3 Å². The average Bonchev–Trinajstić information content (AvgIpc) is 3.19. The summed E-state index contributed by atoms with van der Waals surface area (Å²) < 4.78 is 15.4. The smallest absolute Gasteiger partial charge is 0.319 e. The van der Waals surface area contributed by atoms with Crippen molar-refractivity contribution in [3.63, 3.8) is 0 Å². The van der Waals surface area contributed by atoms with Crippen LogP contribution in [-0.4, -0.2) is 15.6 Å². The lowest BCUT2D eigenvalue weighted by Gasteiger charge is -2.08. The van der Waals surface area contributed by atoms with Crippen LogP contribution in [0.25, 0.3) is 22.0 Å². The minimum absolute atomic E-state index is 0.130. The van der Waals surface area contributed by atoms with E-state index in [0.717, 1.165) is 5.39 Å². The molecule has 6 nitrogen and oxygen atoms in total. The second kappa shape index (κ2) is 7.84. The Morgan fingerprint density at radius 3 is 2.86 bits per heavy atom. The highest BCUT2D eigenvalue weighted by molar-refractivity contribution is 7.09. The van der Waals surface area contributed by atoms with Gasteiger partial charge in [0.25, 0.3) is 5.56 Å². The van der Waals surface area contributed by atoms with Gasteiger partial charge in [0.05, 0.1) is 12.2 Å². The number of halogens is 1. The largest absolute Gasteiger partial charge is 0.331 e. The number of amides is 2. The van der Waals surface area contributed by atoms with Crippen molar-refractivity contribution >= 4 is 33.8 Å². The van der Waals surface area contributed by atoms with Crippen LogP contribution < -0.4 is 16.2 Å². The molecule has 0 spiro atoms. The molecule has 4 rings (SSSR count). The van der Waals surface area contributed by atoms with Gasteiger partial charge in [-0.1, -0.05) is 18.2 Å². The Hall–Kier alpha value is -3.52. The molecule has 0 aliphatic carbocycles. The third kappa shape index (κ3) is 4.02. The number of urea groups is 1. The van der Waals surface area contributed by atoms with Gasteiger partial charge >= 0.3 is 6.03 Å². The fourth-order valence-corrected chi connectivity index (χ4v) is 3.66. The van der Waals surface area contributed by atoms with Crippen molar-refractivity contribution < 1.29 is 9.18 Å². The highest BCUT2D eigenvalue weighted by Gasteiger charge is 2.10. The second-order valence-corrected chi connectivity index (χ2v) is 7.39. The van der Waals surface area contributed by atoms with Gasteiger partial charge in [0.15, 0.2) is 0 Å². The number of fused-ring (bicyclic) bond motifs is 1. The van der Waals surface area contributed by atoms with Crippen LogP contribution in [0, 0.1) is 5.82 Å². The minimum atomic E-state index is -0.417. The number of nitrogens with zero attached hydrogens (tertiary/aromatic N) is 2. The van der Waals surface area contributed by atoms with E-state index in [1.54, 1.807) is 55.0 Å². The van der Waals surface area contributed by atoms with Gasteiger partial charge in [-0.2, -0.15) is 0 Å². The van der Waals surface area contributed by atoms with Gasteiger partial charge in [0.2, 0.25) is 0 Å². The Balaban J connectivity index is 1.42. The average molecular weight is 408 g/mol. The maximum atomic E-state index is 13.9. The molecule has 0 unspecified atom stereocenters. The molecular weight excluding hydrogens is 391 g/mol. The molecule has 2 heterocycles. The maximum absolute atomic E-state index is 13.9. The lowest BCUT2D eigenvalue weighted by Crippen LogP contribution is -2.28. The van der Waals surface area contributed by atoms with E-state index in [2.05, 4.69) is 15.6 Å². The minimum Gasteiger partial charge on any atom is -0.331 e. The number of hydrogen-bond acceptors (Lipinski definition) is 4. The fourth-order valence-electron chi connectivity index (χ4n) is 2.93. The van der Waals surface area contributed by atoms with Gasteiger partial charge in [-0.3, -0.25) is 4.79 Å². The number of rotatable bonds is 4. The highest BCUT2D eigenvalue weighted by atomic mass is 32.1. The standard InChI is InChI=1S/C21H17FN4O2S/c1-26-9-8-13-6-7-14(10-16(13)20(26)27)24-21(28)23-11-19-25-18(12-29-19)15-4-2-3-5-17(15)22/h2-10,12H,11H2,1H3,(H2,23,24,28). The molecule has 2 aromatic heterocycles. The molecule has 0 aliphatic rings. The SMILES string of the molecule is Cn1ccc2ccc(NC(=O)NCc3nc(-c4ccccc4F)cs3)cc2c1=O. The number of aryl methyl sites for hydroxylation is 1. The van der Waals surface area contributed by atoms with Crippen LogP contribution in [-0.2, 0) is 13.6 Å². The lowest BCUT2D eigenvalue weighted by atomic mass is 10.1. The first-order valence-corrected chi connectivity index (χ1v) is 9.73. The van der Waals surface area contributed by atoms with E-state index >= 15 is 0 Å². The summed E-state index contributed by atoms with van der Waals surface area (Å²) in [6.45, 7) is 0.209. The summed E-state index contributed by atoms with van der Waals surface area (Å²) in [5, 5.41) is 9.19. The van der Waals surface area contributed by atoms with Crippen molar-refractivity contribution in [2.75, 3.05) is 5.32 Å². The van der Waals surface area contributed by atoms with Crippen LogP contribution in [0.3, 0.4) is 0 Å². The van der Waals surface area contributed by atoms with E-state index in [9.17, 15) is 14.0 Å². The second-order valence-electron chi connectivity index (χ2n) is 6.45. The van der Waals surface area contributed by atoms with Crippen molar-refractivity contribution in [1.82, 2.24) is 14.9 Å². The number of hydrogen-bond donors (Lipinski definition) is 2. The number of anilines is 1. The van der Waals surface area contributed by atoms with E-state index in [-0.39, 0.29) is 17.9 Å². The zero-order valence-electron chi connectivity index (χ0n) is 15.5. The number of aromatic nitrogens is 2. The van der Waals surface area contributed by atoms with Crippen molar-refractivity contribution in [3.8, 4) is 11.3 Å². The van der Waals surface area contributed by atoms with Gasteiger partial charge in [-0.15, -0.1) is 11.3 Å². The molecule has 0 radical (unpaired) electrons. The van der Waals surface area contributed by atoms with E-state index in [1.807, 2.05) is 6.07 Å². The molecule has 8 heteroatoms. The fraction of sp³-hybridized carbons (Fsp3) is 0.0952. The zero-order chi connectivity index (χ0) is 20.4. The third-order valence-electron chi connectivity index (χ3n) is 4.44. The quantitative estimate of drug-likeness (QED) is 0.533.